The number of ketones is 2. The van der Waals surface area contributed by atoms with Gasteiger partial charge < -0.3 is 0 Å². The van der Waals surface area contributed by atoms with E-state index in [2.05, 4.69) is 25.3 Å². The van der Waals surface area contributed by atoms with Crippen LogP contribution in [0.15, 0.2) is 46.4 Å². The average Bonchev–Trinajstić information content (AvgIpc) is 2.36. The molecule has 2 nitrogen and oxygen atoms in total. The molecule has 1 aromatic carbocycles. The molecule has 1 atom stereocenters. The van der Waals surface area contributed by atoms with Gasteiger partial charge in [-0.3, -0.25) is 9.59 Å². The number of carbonyl (C=O) groups is 2. The molecule has 0 aliphatic heterocycles. The van der Waals surface area contributed by atoms with Crippen LogP contribution in [0.2, 0.25) is 0 Å². The van der Waals surface area contributed by atoms with E-state index in [1.807, 2.05) is 0 Å². The van der Waals surface area contributed by atoms with Crippen molar-refractivity contribution in [3.8, 4) is 0 Å². The van der Waals surface area contributed by atoms with Gasteiger partial charge in [0.25, 0.3) is 0 Å². The number of Topliss-reactive ketones (excluding diaryl/α,β-unsaturated/α-hetero) is 2. The van der Waals surface area contributed by atoms with Crippen molar-refractivity contribution in [1.82, 2.24) is 0 Å². The summed E-state index contributed by atoms with van der Waals surface area (Å²) in [4.78, 5) is 25.4. The normalized spacial score (nSPS) is 22.0. The monoisotopic (exact) mass is 274 g/mol. The van der Waals surface area contributed by atoms with E-state index in [1.165, 1.54) is 0 Å². The molecule has 0 spiro atoms. The first-order chi connectivity index (χ1) is 8.58. The Bertz CT molecular complexity index is 641. The number of benzene rings is 1. The lowest BCUT2D eigenvalue weighted by molar-refractivity contribution is 0.0971. The van der Waals surface area contributed by atoms with Gasteiger partial charge in [-0.2, -0.15) is 12.6 Å². The van der Waals surface area contributed by atoms with Crippen LogP contribution in [-0.2, 0) is 0 Å². The van der Waals surface area contributed by atoms with E-state index in [9.17, 15) is 9.59 Å². The maximum absolute atomic E-state index is 12.3. The second-order valence-corrected chi connectivity index (χ2v) is 5.57. The summed E-state index contributed by atoms with van der Waals surface area (Å²) in [6, 6.07) is 5.05. The third-order valence-corrected chi connectivity index (χ3v) is 3.83. The summed E-state index contributed by atoms with van der Waals surface area (Å²) in [6.45, 7) is 0. The maximum atomic E-state index is 12.3. The van der Waals surface area contributed by atoms with Crippen LogP contribution in [-0.4, -0.2) is 16.8 Å². The zero-order valence-corrected chi connectivity index (χ0v) is 11.2. The number of allylic oxidation sites excluding steroid dienone is 3. The van der Waals surface area contributed by atoms with E-state index in [1.54, 1.807) is 30.4 Å². The van der Waals surface area contributed by atoms with Gasteiger partial charge in [0.05, 0.1) is 0 Å². The third kappa shape index (κ3) is 1.68. The highest BCUT2D eigenvalue weighted by Gasteiger charge is 2.34. The molecule has 0 fully saturated rings. The Morgan fingerprint density at radius 3 is 2.56 bits per heavy atom. The minimum absolute atomic E-state index is 0.00574. The van der Waals surface area contributed by atoms with Crippen LogP contribution in [0.25, 0.3) is 0 Å². The van der Waals surface area contributed by atoms with Gasteiger partial charge in [-0.15, -0.1) is 12.6 Å². The average molecular weight is 274 g/mol. The lowest BCUT2D eigenvalue weighted by Gasteiger charge is -2.23. The van der Waals surface area contributed by atoms with Gasteiger partial charge in [0.15, 0.2) is 11.6 Å². The van der Waals surface area contributed by atoms with E-state index in [0.717, 1.165) is 0 Å². The highest BCUT2D eigenvalue weighted by molar-refractivity contribution is 7.81. The SMILES string of the molecule is O=C1C2=CC(S)CC=C2C(=O)c2cc(S)ccc21. The first kappa shape index (κ1) is 11.8. The fourth-order valence-electron chi connectivity index (χ4n) is 2.32. The molecule has 0 aromatic heterocycles. The van der Waals surface area contributed by atoms with Crippen LogP contribution in [0.3, 0.4) is 0 Å². The lowest BCUT2D eigenvalue weighted by atomic mass is 9.79. The molecular formula is C14H10O2S2. The van der Waals surface area contributed by atoms with Crippen molar-refractivity contribution in [3.63, 3.8) is 0 Å². The summed E-state index contributed by atoms with van der Waals surface area (Å²) in [5.41, 5.74) is 1.92. The van der Waals surface area contributed by atoms with E-state index in [4.69, 9.17) is 0 Å². The smallest absolute Gasteiger partial charge is 0.194 e. The fraction of sp³-hybridized carbons (Fsp3) is 0.143. The number of thiol groups is 2. The molecule has 2 aliphatic carbocycles. The van der Waals surface area contributed by atoms with Crippen molar-refractivity contribution >= 4 is 36.8 Å². The Labute approximate surface area is 116 Å². The molecule has 0 heterocycles. The topological polar surface area (TPSA) is 34.1 Å². The quantitative estimate of drug-likeness (QED) is 0.713. The molecule has 1 aromatic rings. The summed E-state index contributed by atoms with van der Waals surface area (Å²) in [7, 11) is 0. The number of hydrogen-bond acceptors (Lipinski definition) is 4. The van der Waals surface area contributed by atoms with Crippen molar-refractivity contribution in [2.24, 2.45) is 0 Å². The molecule has 90 valence electrons. The van der Waals surface area contributed by atoms with Crippen molar-refractivity contribution in [1.29, 1.82) is 0 Å². The van der Waals surface area contributed by atoms with E-state index in [-0.39, 0.29) is 16.8 Å². The third-order valence-electron chi connectivity index (χ3n) is 3.19. The molecule has 0 radical (unpaired) electrons. The van der Waals surface area contributed by atoms with Crippen LogP contribution in [0.4, 0.5) is 0 Å². The summed E-state index contributed by atoms with van der Waals surface area (Å²) < 4.78 is 0. The zero-order chi connectivity index (χ0) is 12.9. The highest BCUT2D eigenvalue weighted by Crippen LogP contribution is 2.34. The van der Waals surface area contributed by atoms with E-state index >= 15 is 0 Å². The molecule has 0 saturated heterocycles. The molecule has 0 saturated carbocycles. The molecule has 2 aliphatic rings. The minimum Gasteiger partial charge on any atom is -0.289 e. The van der Waals surface area contributed by atoms with Gasteiger partial charge >= 0.3 is 0 Å². The second-order valence-electron chi connectivity index (χ2n) is 4.39. The molecule has 0 N–H and O–H groups in total. The molecule has 0 bridgehead atoms. The van der Waals surface area contributed by atoms with Gasteiger partial charge in [-0.25, -0.2) is 0 Å². The second kappa shape index (κ2) is 4.14. The Morgan fingerprint density at radius 2 is 1.78 bits per heavy atom. The van der Waals surface area contributed by atoms with Gasteiger partial charge in [0.1, 0.15) is 0 Å². The fourth-order valence-corrected chi connectivity index (χ4v) is 2.78. The van der Waals surface area contributed by atoms with Gasteiger partial charge in [-0.05, 0) is 24.6 Å². The predicted octanol–water partition coefficient (Wildman–Crippen LogP) is 2.91. The van der Waals surface area contributed by atoms with Gasteiger partial charge in [0, 0.05) is 32.4 Å². The molecule has 0 amide bonds. The predicted molar refractivity (Wildman–Crippen MR) is 75.9 cm³/mol. The Morgan fingerprint density at radius 1 is 1.06 bits per heavy atom. The summed E-state index contributed by atoms with van der Waals surface area (Å²) in [5.74, 6) is -0.185. The van der Waals surface area contributed by atoms with Crippen LogP contribution in [0.1, 0.15) is 27.1 Å². The summed E-state index contributed by atoms with van der Waals surface area (Å²) in [5, 5.41) is 0.00574. The van der Waals surface area contributed by atoms with E-state index < -0.39 is 0 Å². The highest BCUT2D eigenvalue weighted by atomic mass is 32.1. The molecule has 4 heteroatoms. The Kier molecular flexibility index (Phi) is 2.72. The Hall–Kier alpha value is -1.26. The van der Waals surface area contributed by atoms with Crippen molar-refractivity contribution in [3.05, 3.63) is 52.6 Å². The molecular weight excluding hydrogens is 264 g/mol. The molecule has 18 heavy (non-hydrogen) atoms. The Balaban J connectivity index is 2.25. The van der Waals surface area contributed by atoms with Gasteiger partial charge in [-0.1, -0.05) is 12.2 Å². The van der Waals surface area contributed by atoms with Crippen molar-refractivity contribution in [2.45, 2.75) is 16.6 Å². The minimum atomic E-state index is -0.0945. The molecule has 3 rings (SSSR count). The van der Waals surface area contributed by atoms with Crippen LogP contribution >= 0.6 is 25.3 Å². The molecule has 1 unspecified atom stereocenters. The van der Waals surface area contributed by atoms with Crippen molar-refractivity contribution < 1.29 is 9.59 Å². The van der Waals surface area contributed by atoms with Crippen LogP contribution in [0, 0.1) is 0 Å². The number of rotatable bonds is 0. The van der Waals surface area contributed by atoms with Crippen molar-refractivity contribution in [2.75, 3.05) is 0 Å². The van der Waals surface area contributed by atoms with Gasteiger partial charge in [0.2, 0.25) is 0 Å². The summed E-state index contributed by atoms with van der Waals surface area (Å²) in [6.07, 6.45) is 4.26. The van der Waals surface area contributed by atoms with Crippen LogP contribution < -0.4 is 0 Å². The number of fused-ring (bicyclic) bond motifs is 2. The van der Waals surface area contributed by atoms with Crippen LogP contribution in [0.5, 0.6) is 0 Å². The lowest BCUT2D eigenvalue weighted by Crippen LogP contribution is -2.25. The first-order valence-electron chi connectivity index (χ1n) is 5.61. The largest absolute Gasteiger partial charge is 0.289 e. The maximum Gasteiger partial charge on any atom is 0.194 e. The first-order valence-corrected chi connectivity index (χ1v) is 6.57. The number of hydrogen-bond donors (Lipinski definition) is 2. The number of carbonyl (C=O) groups excluding carboxylic acids is 2. The zero-order valence-electron chi connectivity index (χ0n) is 9.38. The standard InChI is InChI=1S/C14H10O2S2/c15-13-9-3-1-7(17)5-11(9)14(16)10-4-2-8(18)6-12(10)13/h1,3-6,8,17-18H,2H2. The summed E-state index contributed by atoms with van der Waals surface area (Å²) >= 11 is 8.55. The van der Waals surface area contributed by atoms with E-state index in [0.29, 0.717) is 33.6 Å².